The van der Waals surface area contributed by atoms with E-state index in [1.165, 1.54) is 12.1 Å². The number of halogens is 2. The number of hydrogen-bond acceptors (Lipinski definition) is 2. The average Bonchev–Trinajstić information content (AvgIpc) is 2.53. The molecule has 0 aliphatic carbocycles. The van der Waals surface area contributed by atoms with Crippen LogP contribution in [-0.2, 0) is 0 Å². The first-order chi connectivity index (χ1) is 11.5. The number of fused-ring (bicyclic) bond motifs is 1. The Balaban J connectivity index is 1.94. The molecule has 4 nitrogen and oxygen atoms in total. The molecule has 0 bridgehead atoms. The SMILES string of the molecule is CC(NC(=O)c1cc(=O)[nH]c2ccccc12)c1ccc(F)cc1F. The number of carbonyl (C=O) groups is 1. The molecule has 0 saturated heterocycles. The molecule has 2 N–H and O–H groups in total. The van der Waals surface area contributed by atoms with Crippen LogP contribution in [0.3, 0.4) is 0 Å². The van der Waals surface area contributed by atoms with Crippen molar-refractivity contribution in [1.29, 1.82) is 0 Å². The smallest absolute Gasteiger partial charge is 0.252 e. The zero-order valence-corrected chi connectivity index (χ0v) is 12.8. The predicted molar refractivity (Wildman–Crippen MR) is 86.8 cm³/mol. The number of benzene rings is 2. The number of hydrogen-bond donors (Lipinski definition) is 2. The van der Waals surface area contributed by atoms with Gasteiger partial charge in [-0.05, 0) is 19.1 Å². The molecule has 6 heteroatoms. The molecule has 24 heavy (non-hydrogen) atoms. The molecule has 1 unspecified atom stereocenters. The highest BCUT2D eigenvalue weighted by molar-refractivity contribution is 6.06. The lowest BCUT2D eigenvalue weighted by molar-refractivity contribution is 0.0941. The van der Waals surface area contributed by atoms with Gasteiger partial charge in [0, 0.05) is 28.6 Å². The van der Waals surface area contributed by atoms with Gasteiger partial charge in [0.25, 0.3) is 5.91 Å². The van der Waals surface area contributed by atoms with Gasteiger partial charge >= 0.3 is 0 Å². The molecule has 3 rings (SSSR count). The topological polar surface area (TPSA) is 62.0 Å². The second-order valence-corrected chi connectivity index (χ2v) is 5.45. The van der Waals surface area contributed by atoms with Crippen LogP contribution >= 0.6 is 0 Å². The third-order valence-corrected chi connectivity index (χ3v) is 3.77. The Labute approximate surface area is 136 Å². The normalized spacial score (nSPS) is 12.1. The number of para-hydroxylation sites is 1. The number of carbonyl (C=O) groups excluding carboxylic acids is 1. The van der Waals surface area contributed by atoms with Crippen LogP contribution in [-0.4, -0.2) is 10.9 Å². The lowest BCUT2D eigenvalue weighted by Crippen LogP contribution is -2.28. The van der Waals surface area contributed by atoms with Gasteiger partial charge in [0.15, 0.2) is 0 Å². The van der Waals surface area contributed by atoms with Crippen molar-refractivity contribution >= 4 is 16.8 Å². The van der Waals surface area contributed by atoms with E-state index >= 15 is 0 Å². The summed E-state index contributed by atoms with van der Waals surface area (Å²) in [4.78, 5) is 26.9. The van der Waals surface area contributed by atoms with Crippen molar-refractivity contribution in [2.45, 2.75) is 13.0 Å². The van der Waals surface area contributed by atoms with E-state index in [-0.39, 0.29) is 11.1 Å². The van der Waals surface area contributed by atoms with Crippen LogP contribution in [0.25, 0.3) is 10.9 Å². The monoisotopic (exact) mass is 328 g/mol. The lowest BCUT2D eigenvalue weighted by Gasteiger charge is -2.16. The summed E-state index contributed by atoms with van der Waals surface area (Å²) in [5.41, 5.74) is 0.498. The number of amides is 1. The van der Waals surface area contributed by atoms with Gasteiger partial charge in [0.1, 0.15) is 11.6 Å². The molecular weight excluding hydrogens is 314 g/mol. The first-order valence-corrected chi connectivity index (χ1v) is 7.33. The Morgan fingerprint density at radius 3 is 2.62 bits per heavy atom. The van der Waals surface area contributed by atoms with Gasteiger partial charge in [0.05, 0.1) is 11.6 Å². The molecule has 3 aromatic rings. The standard InChI is InChI=1S/C18H14F2N2O2/c1-10(12-7-6-11(19)8-15(12)20)21-18(24)14-9-17(23)22-16-5-3-2-4-13(14)16/h2-10H,1H3,(H,21,24)(H,22,23). The molecule has 122 valence electrons. The van der Waals surface area contributed by atoms with E-state index in [4.69, 9.17) is 0 Å². The summed E-state index contributed by atoms with van der Waals surface area (Å²) in [6.45, 7) is 1.59. The van der Waals surface area contributed by atoms with E-state index in [0.717, 1.165) is 12.1 Å². The third-order valence-electron chi connectivity index (χ3n) is 3.77. The Bertz CT molecular complexity index is 982. The minimum absolute atomic E-state index is 0.166. The van der Waals surface area contributed by atoms with Crippen LogP contribution < -0.4 is 10.9 Å². The average molecular weight is 328 g/mol. The van der Waals surface area contributed by atoms with Gasteiger partial charge in [-0.1, -0.05) is 24.3 Å². The Kier molecular flexibility index (Phi) is 4.12. The molecule has 0 saturated carbocycles. The fourth-order valence-corrected chi connectivity index (χ4v) is 2.60. The summed E-state index contributed by atoms with van der Waals surface area (Å²) in [5.74, 6) is -1.93. The molecule has 0 fully saturated rings. The van der Waals surface area contributed by atoms with Crippen LogP contribution in [0.4, 0.5) is 8.78 Å². The van der Waals surface area contributed by atoms with E-state index in [9.17, 15) is 18.4 Å². The molecule has 1 amide bonds. The minimum Gasteiger partial charge on any atom is -0.345 e. The number of rotatable bonds is 3. The maximum absolute atomic E-state index is 13.8. The Morgan fingerprint density at radius 1 is 1.12 bits per heavy atom. The highest BCUT2D eigenvalue weighted by Crippen LogP contribution is 2.20. The van der Waals surface area contributed by atoms with Gasteiger partial charge in [-0.25, -0.2) is 8.78 Å². The van der Waals surface area contributed by atoms with Crippen molar-refractivity contribution < 1.29 is 13.6 Å². The highest BCUT2D eigenvalue weighted by Gasteiger charge is 2.17. The van der Waals surface area contributed by atoms with Crippen molar-refractivity contribution in [3.63, 3.8) is 0 Å². The summed E-state index contributed by atoms with van der Waals surface area (Å²) in [5, 5.41) is 3.22. The molecule has 0 radical (unpaired) electrons. The summed E-state index contributed by atoms with van der Waals surface area (Å²) in [7, 11) is 0. The number of nitrogens with one attached hydrogen (secondary N) is 2. The maximum atomic E-state index is 13.8. The first kappa shape index (κ1) is 15.9. The largest absolute Gasteiger partial charge is 0.345 e. The van der Waals surface area contributed by atoms with E-state index in [1.54, 1.807) is 31.2 Å². The molecule has 1 heterocycles. The summed E-state index contributed by atoms with van der Waals surface area (Å²) < 4.78 is 26.8. The van der Waals surface area contributed by atoms with E-state index < -0.39 is 29.1 Å². The molecule has 0 spiro atoms. The molecule has 0 aliphatic heterocycles. The molecule has 0 aliphatic rings. The van der Waals surface area contributed by atoms with Gasteiger partial charge < -0.3 is 10.3 Å². The van der Waals surface area contributed by atoms with Gasteiger partial charge in [0.2, 0.25) is 5.56 Å². The third kappa shape index (κ3) is 3.03. The second kappa shape index (κ2) is 6.23. The van der Waals surface area contributed by atoms with E-state index in [2.05, 4.69) is 10.3 Å². The summed E-state index contributed by atoms with van der Waals surface area (Å²) in [6.07, 6.45) is 0. The zero-order valence-electron chi connectivity index (χ0n) is 12.8. The van der Waals surface area contributed by atoms with Crippen LogP contribution in [0.2, 0.25) is 0 Å². The maximum Gasteiger partial charge on any atom is 0.252 e. The Morgan fingerprint density at radius 2 is 1.88 bits per heavy atom. The van der Waals surface area contributed by atoms with Crippen molar-refractivity contribution in [2.24, 2.45) is 0 Å². The summed E-state index contributed by atoms with van der Waals surface area (Å²) >= 11 is 0. The van der Waals surface area contributed by atoms with E-state index in [0.29, 0.717) is 10.9 Å². The fraction of sp³-hybridized carbons (Fsp3) is 0.111. The number of pyridine rings is 1. The summed E-state index contributed by atoms with van der Waals surface area (Å²) in [6, 6.07) is 10.6. The number of aromatic nitrogens is 1. The van der Waals surface area contributed by atoms with Crippen molar-refractivity contribution in [1.82, 2.24) is 10.3 Å². The van der Waals surface area contributed by atoms with Crippen LogP contribution in [0.15, 0.2) is 53.3 Å². The molecular formula is C18H14F2N2O2. The van der Waals surface area contributed by atoms with Gasteiger partial charge in [-0.15, -0.1) is 0 Å². The quantitative estimate of drug-likeness (QED) is 0.775. The van der Waals surface area contributed by atoms with Crippen LogP contribution in [0.1, 0.15) is 28.9 Å². The van der Waals surface area contributed by atoms with Crippen molar-refractivity contribution in [3.8, 4) is 0 Å². The van der Waals surface area contributed by atoms with E-state index in [1.807, 2.05) is 0 Å². The Hall–Kier alpha value is -3.02. The lowest BCUT2D eigenvalue weighted by atomic mass is 10.1. The second-order valence-electron chi connectivity index (χ2n) is 5.45. The highest BCUT2D eigenvalue weighted by atomic mass is 19.1. The molecule has 2 aromatic carbocycles. The number of H-pyrrole nitrogens is 1. The van der Waals surface area contributed by atoms with Gasteiger partial charge in [-0.2, -0.15) is 0 Å². The fourth-order valence-electron chi connectivity index (χ4n) is 2.60. The predicted octanol–water partition coefficient (Wildman–Crippen LogP) is 3.30. The zero-order chi connectivity index (χ0) is 17.3. The first-order valence-electron chi connectivity index (χ1n) is 7.33. The molecule has 1 atom stereocenters. The van der Waals surface area contributed by atoms with Crippen LogP contribution in [0, 0.1) is 11.6 Å². The molecule has 1 aromatic heterocycles. The number of aromatic amines is 1. The van der Waals surface area contributed by atoms with Crippen molar-refractivity contribution in [2.75, 3.05) is 0 Å². The minimum atomic E-state index is -0.737. The van der Waals surface area contributed by atoms with Crippen molar-refractivity contribution in [3.05, 3.63) is 81.6 Å². The van der Waals surface area contributed by atoms with Gasteiger partial charge in [-0.3, -0.25) is 9.59 Å². The van der Waals surface area contributed by atoms with Crippen LogP contribution in [0.5, 0.6) is 0 Å².